The minimum atomic E-state index is -3.67. The number of hydrogen-bond donors (Lipinski definition) is 1. The van der Waals surface area contributed by atoms with Crippen molar-refractivity contribution in [3.05, 3.63) is 65.2 Å². The van der Waals surface area contributed by atoms with Crippen LogP contribution in [0, 0.1) is 6.92 Å². The Morgan fingerprint density at radius 3 is 2.45 bits per heavy atom. The molecule has 0 aliphatic carbocycles. The predicted octanol–water partition coefficient (Wildman–Crippen LogP) is 2.69. The summed E-state index contributed by atoms with van der Waals surface area (Å²) >= 11 is 0. The van der Waals surface area contributed by atoms with Crippen LogP contribution in [-0.4, -0.2) is 50.8 Å². The first-order valence-corrected chi connectivity index (χ1v) is 11.9. The van der Waals surface area contributed by atoms with E-state index in [1.165, 1.54) is 16.4 Å². The second-order valence-electron chi connectivity index (χ2n) is 7.61. The zero-order valence-electron chi connectivity index (χ0n) is 17.7. The maximum atomic E-state index is 13.0. The standard InChI is InChI=1S/C23H28N2O5S/c1-18-10-11-20(16-21(18)31(28,29)25-14-6-3-7-15-25)23(27)30-17-22(26)24-13-12-19-8-4-2-5-9-19/h2,4-5,8-11,16H,3,6-7,12-15,17H2,1H3,(H,24,26). The number of hydrogen-bond acceptors (Lipinski definition) is 5. The summed E-state index contributed by atoms with van der Waals surface area (Å²) in [5, 5.41) is 2.71. The Kier molecular flexibility index (Phi) is 7.81. The van der Waals surface area contributed by atoms with Gasteiger partial charge in [0.1, 0.15) is 0 Å². The van der Waals surface area contributed by atoms with Gasteiger partial charge in [-0.3, -0.25) is 4.79 Å². The number of carbonyl (C=O) groups excluding carboxylic acids is 2. The maximum absolute atomic E-state index is 13.0. The molecule has 0 saturated carbocycles. The molecule has 1 fully saturated rings. The zero-order valence-corrected chi connectivity index (χ0v) is 18.5. The lowest BCUT2D eigenvalue weighted by atomic mass is 10.1. The number of benzene rings is 2. The molecule has 0 bridgehead atoms. The van der Waals surface area contributed by atoms with E-state index >= 15 is 0 Å². The number of piperidine rings is 1. The SMILES string of the molecule is Cc1ccc(C(=O)OCC(=O)NCCc2ccccc2)cc1S(=O)(=O)N1CCCCC1. The minimum absolute atomic E-state index is 0.108. The average Bonchev–Trinajstić information content (AvgIpc) is 2.79. The summed E-state index contributed by atoms with van der Waals surface area (Å²) in [6, 6.07) is 14.2. The molecular weight excluding hydrogens is 416 g/mol. The number of rotatable bonds is 8. The highest BCUT2D eigenvalue weighted by atomic mass is 32.2. The predicted molar refractivity (Wildman–Crippen MR) is 117 cm³/mol. The Balaban J connectivity index is 1.56. The highest BCUT2D eigenvalue weighted by Crippen LogP contribution is 2.24. The van der Waals surface area contributed by atoms with Gasteiger partial charge in [0.25, 0.3) is 5.91 Å². The molecule has 1 aliphatic heterocycles. The van der Waals surface area contributed by atoms with Gasteiger partial charge in [-0.1, -0.05) is 42.8 Å². The van der Waals surface area contributed by atoms with Crippen LogP contribution in [0.1, 0.15) is 40.7 Å². The van der Waals surface area contributed by atoms with Gasteiger partial charge in [-0.15, -0.1) is 0 Å². The Hall–Kier alpha value is -2.71. The quantitative estimate of drug-likeness (QED) is 0.632. The van der Waals surface area contributed by atoms with Gasteiger partial charge in [-0.2, -0.15) is 4.31 Å². The number of ether oxygens (including phenoxy) is 1. The van der Waals surface area contributed by atoms with Crippen LogP contribution < -0.4 is 5.32 Å². The van der Waals surface area contributed by atoms with Crippen LogP contribution >= 0.6 is 0 Å². The first-order chi connectivity index (χ1) is 14.9. The lowest BCUT2D eigenvalue weighted by molar-refractivity contribution is -0.124. The summed E-state index contributed by atoms with van der Waals surface area (Å²) in [7, 11) is -3.67. The minimum Gasteiger partial charge on any atom is -0.452 e. The van der Waals surface area contributed by atoms with E-state index in [9.17, 15) is 18.0 Å². The summed E-state index contributed by atoms with van der Waals surface area (Å²) in [6.45, 7) is 2.68. The van der Waals surface area contributed by atoms with E-state index < -0.39 is 28.5 Å². The van der Waals surface area contributed by atoms with Crippen molar-refractivity contribution < 1.29 is 22.7 Å². The topological polar surface area (TPSA) is 92.8 Å². The second kappa shape index (κ2) is 10.5. The number of sulfonamides is 1. The van der Waals surface area contributed by atoms with Gasteiger partial charge in [-0.05, 0) is 49.4 Å². The lowest BCUT2D eigenvalue weighted by Gasteiger charge is -2.26. The van der Waals surface area contributed by atoms with Crippen molar-refractivity contribution in [2.45, 2.75) is 37.5 Å². The van der Waals surface area contributed by atoms with Crippen molar-refractivity contribution in [2.24, 2.45) is 0 Å². The molecule has 0 atom stereocenters. The summed E-state index contributed by atoms with van der Waals surface area (Å²) in [6.07, 6.45) is 3.36. The van der Waals surface area contributed by atoms with Gasteiger partial charge >= 0.3 is 5.97 Å². The number of carbonyl (C=O) groups is 2. The summed E-state index contributed by atoms with van der Waals surface area (Å²) in [5.41, 5.74) is 1.78. The van der Waals surface area contributed by atoms with Crippen molar-refractivity contribution in [1.29, 1.82) is 0 Å². The number of amides is 1. The molecule has 2 aromatic carbocycles. The molecule has 1 saturated heterocycles. The van der Waals surface area contributed by atoms with Gasteiger partial charge in [0, 0.05) is 19.6 Å². The number of esters is 1. The molecule has 3 rings (SSSR count). The smallest absolute Gasteiger partial charge is 0.338 e. The van der Waals surface area contributed by atoms with Crippen LogP contribution in [-0.2, 0) is 26.0 Å². The van der Waals surface area contributed by atoms with Gasteiger partial charge in [0.05, 0.1) is 10.5 Å². The highest BCUT2D eigenvalue weighted by molar-refractivity contribution is 7.89. The monoisotopic (exact) mass is 444 g/mol. The summed E-state index contributed by atoms with van der Waals surface area (Å²) in [5.74, 6) is -1.13. The van der Waals surface area contributed by atoms with Crippen LogP contribution in [0.25, 0.3) is 0 Å². The maximum Gasteiger partial charge on any atom is 0.338 e. The molecule has 0 unspecified atom stereocenters. The molecule has 0 spiro atoms. The molecule has 8 heteroatoms. The molecular formula is C23H28N2O5S. The van der Waals surface area contributed by atoms with Gasteiger partial charge in [0.2, 0.25) is 10.0 Å². The van der Waals surface area contributed by atoms with E-state index in [0.717, 1.165) is 24.8 Å². The fourth-order valence-corrected chi connectivity index (χ4v) is 5.27. The fourth-order valence-electron chi connectivity index (χ4n) is 3.51. The molecule has 2 aromatic rings. The van der Waals surface area contributed by atoms with Crippen LogP contribution in [0.2, 0.25) is 0 Å². The van der Waals surface area contributed by atoms with E-state index in [-0.39, 0.29) is 10.5 Å². The normalized spacial score (nSPS) is 14.7. The number of nitrogens with one attached hydrogen (secondary N) is 1. The summed E-state index contributed by atoms with van der Waals surface area (Å²) < 4.78 is 32.5. The zero-order chi connectivity index (χ0) is 22.3. The largest absolute Gasteiger partial charge is 0.452 e. The van der Waals surface area contributed by atoms with Crippen LogP contribution in [0.3, 0.4) is 0 Å². The average molecular weight is 445 g/mol. The lowest BCUT2D eigenvalue weighted by Crippen LogP contribution is -2.36. The Morgan fingerprint density at radius 1 is 1.03 bits per heavy atom. The van der Waals surface area contributed by atoms with Crippen LogP contribution in [0.4, 0.5) is 0 Å². The van der Waals surface area contributed by atoms with Gasteiger partial charge in [-0.25, -0.2) is 13.2 Å². The van der Waals surface area contributed by atoms with E-state index in [1.807, 2.05) is 30.3 Å². The van der Waals surface area contributed by atoms with Crippen LogP contribution in [0.5, 0.6) is 0 Å². The van der Waals surface area contributed by atoms with E-state index in [0.29, 0.717) is 31.6 Å². The van der Waals surface area contributed by atoms with Crippen molar-refractivity contribution in [3.63, 3.8) is 0 Å². The Labute approximate surface area is 183 Å². The molecule has 31 heavy (non-hydrogen) atoms. The molecule has 0 radical (unpaired) electrons. The number of nitrogens with zero attached hydrogens (tertiary/aromatic N) is 1. The molecule has 166 valence electrons. The Morgan fingerprint density at radius 2 is 1.74 bits per heavy atom. The second-order valence-corrected chi connectivity index (χ2v) is 9.51. The molecule has 0 aromatic heterocycles. The van der Waals surface area contributed by atoms with E-state index in [4.69, 9.17) is 4.74 Å². The third-order valence-corrected chi connectivity index (χ3v) is 7.31. The van der Waals surface area contributed by atoms with E-state index in [2.05, 4.69) is 5.32 Å². The molecule has 7 nitrogen and oxygen atoms in total. The Bertz CT molecular complexity index is 1020. The third-order valence-electron chi connectivity index (χ3n) is 5.27. The molecule has 1 heterocycles. The highest BCUT2D eigenvalue weighted by Gasteiger charge is 2.28. The molecule has 1 N–H and O–H groups in total. The van der Waals surface area contributed by atoms with Gasteiger partial charge < -0.3 is 10.1 Å². The summed E-state index contributed by atoms with van der Waals surface area (Å²) in [4.78, 5) is 24.5. The molecule has 1 amide bonds. The third kappa shape index (κ3) is 6.15. The van der Waals surface area contributed by atoms with Gasteiger partial charge in [0.15, 0.2) is 6.61 Å². The van der Waals surface area contributed by atoms with Crippen LogP contribution in [0.15, 0.2) is 53.4 Å². The fraction of sp³-hybridized carbons (Fsp3) is 0.391. The van der Waals surface area contributed by atoms with Crippen molar-refractivity contribution in [3.8, 4) is 0 Å². The van der Waals surface area contributed by atoms with E-state index in [1.54, 1.807) is 13.0 Å². The van der Waals surface area contributed by atoms with Crippen molar-refractivity contribution in [2.75, 3.05) is 26.2 Å². The molecule has 1 aliphatic rings. The number of aryl methyl sites for hydroxylation is 1. The first-order valence-electron chi connectivity index (χ1n) is 10.5. The van der Waals surface area contributed by atoms with Crippen molar-refractivity contribution in [1.82, 2.24) is 9.62 Å². The van der Waals surface area contributed by atoms with Crippen molar-refractivity contribution >= 4 is 21.9 Å². The first kappa shape index (κ1) is 23.0.